The van der Waals surface area contributed by atoms with Crippen molar-refractivity contribution in [3.63, 3.8) is 0 Å². The fourth-order valence-corrected chi connectivity index (χ4v) is 1.66. The number of nitrogens with zero attached hydrogens (tertiary/aromatic N) is 1. The van der Waals surface area contributed by atoms with Crippen LogP contribution in [-0.4, -0.2) is 4.92 Å². The van der Waals surface area contributed by atoms with Gasteiger partial charge in [-0.1, -0.05) is 17.7 Å². The summed E-state index contributed by atoms with van der Waals surface area (Å²) in [7, 11) is 0. The van der Waals surface area contributed by atoms with Crippen LogP contribution in [-0.2, 0) is 6.61 Å². The molecule has 0 saturated heterocycles. The molecule has 0 unspecified atom stereocenters. The molecule has 0 radical (unpaired) electrons. The average Bonchev–Trinajstić information content (AvgIpc) is 2.39. The van der Waals surface area contributed by atoms with Crippen LogP contribution in [0.15, 0.2) is 42.5 Å². The van der Waals surface area contributed by atoms with Crippen LogP contribution in [0.1, 0.15) is 5.56 Å². The number of nitrogens with two attached hydrogens (primary N) is 1. The van der Waals surface area contributed by atoms with Crippen molar-refractivity contribution in [2.75, 3.05) is 5.73 Å². The van der Waals surface area contributed by atoms with Crippen molar-refractivity contribution in [2.45, 2.75) is 6.61 Å². The van der Waals surface area contributed by atoms with Crippen molar-refractivity contribution in [1.29, 1.82) is 0 Å². The van der Waals surface area contributed by atoms with Crippen molar-refractivity contribution < 1.29 is 9.66 Å². The van der Waals surface area contributed by atoms with Gasteiger partial charge in [-0.25, -0.2) is 0 Å². The zero-order valence-electron chi connectivity index (χ0n) is 9.88. The zero-order chi connectivity index (χ0) is 13.8. The number of hydrogen-bond acceptors (Lipinski definition) is 4. The minimum Gasteiger partial charge on any atom is -0.489 e. The van der Waals surface area contributed by atoms with Crippen LogP contribution >= 0.6 is 11.6 Å². The first-order valence-electron chi connectivity index (χ1n) is 5.47. The molecule has 6 heteroatoms. The van der Waals surface area contributed by atoms with Crippen LogP contribution < -0.4 is 10.5 Å². The third kappa shape index (κ3) is 3.35. The molecule has 2 aromatic carbocycles. The average molecular weight is 279 g/mol. The van der Waals surface area contributed by atoms with E-state index < -0.39 is 4.92 Å². The van der Waals surface area contributed by atoms with Gasteiger partial charge < -0.3 is 10.5 Å². The van der Waals surface area contributed by atoms with Crippen molar-refractivity contribution in [3.05, 3.63) is 63.2 Å². The SMILES string of the molecule is Nc1ccc(COc2ccc(Cl)cc2)cc1[N+](=O)[O-]. The minimum atomic E-state index is -0.513. The molecule has 2 rings (SSSR count). The standard InChI is InChI=1S/C13H11ClN2O3/c14-10-2-4-11(5-3-10)19-8-9-1-6-12(15)13(7-9)16(17)18/h1-7H,8,15H2. The topological polar surface area (TPSA) is 78.4 Å². The maximum Gasteiger partial charge on any atom is 0.292 e. The molecule has 0 heterocycles. The monoisotopic (exact) mass is 278 g/mol. The summed E-state index contributed by atoms with van der Waals surface area (Å²) in [6.45, 7) is 0.225. The number of anilines is 1. The van der Waals surface area contributed by atoms with Gasteiger partial charge in [-0.15, -0.1) is 0 Å². The van der Waals surface area contributed by atoms with Gasteiger partial charge in [-0.2, -0.15) is 0 Å². The molecule has 0 aliphatic heterocycles. The second kappa shape index (κ2) is 5.58. The number of nitro benzene ring substituents is 1. The molecule has 0 bridgehead atoms. The van der Waals surface area contributed by atoms with Gasteiger partial charge in [0.2, 0.25) is 0 Å². The Balaban J connectivity index is 2.09. The van der Waals surface area contributed by atoms with E-state index in [0.717, 1.165) is 0 Å². The molecule has 5 nitrogen and oxygen atoms in total. The fourth-order valence-electron chi connectivity index (χ4n) is 1.53. The van der Waals surface area contributed by atoms with Crippen LogP contribution in [0, 0.1) is 10.1 Å². The minimum absolute atomic E-state index is 0.114. The highest BCUT2D eigenvalue weighted by molar-refractivity contribution is 6.30. The van der Waals surface area contributed by atoms with E-state index >= 15 is 0 Å². The van der Waals surface area contributed by atoms with Gasteiger partial charge in [0.25, 0.3) is 5.69 Å². The predicted octanol–water partition coefficient (Wildman–Crippen LogP) is 3.41. The van der Waals surface area contributed by atoms with Crippen LogP contribution in [0.3, 0.4) is 0 Å². The second-order valence-corrected chi connectivity index (χ2v) is 4.33. The summed E-state index contributed by atoms with van der Waals surface area (Å²) >= 11 is 5.76. The zero-order valence-corrected chi connectivity index (χ0v) is 10.6. The molecule has 0 aliphatic rings. The van der Waals surface area contributed by atoms with Gasteiger partial charge in [0, 0.05) is 11.1 Å². The molecular weight excluding hydrogens is 268 g/mol. The summed E-state index contributed by atoms with van der Waals surface area (Å²) in [5.41, 5.74) is 6.22. The lowest BCUT2D eigenvalue weighted by atomic mass is 10.2. The molecule has 98 valence electrons. The van der Waals surface area contributed by atoms with E-state index in [-0.39, 0.29) is 18.0 Å². The van der Waals surface area contributed by atoms with Crippen molar-refractivity contribution in [1.82, 2.24) is 0 Å². The quantitative estimate of drug-likeness (QED) is 0.528. The van der Waals surface area contributed by atoms with Crippen molar-refractivity contribution >= 4 is 23.0 Å². The lowest BCUT2D eigenvalue weighted by Crippen LogP contribution is -2.00. The Labute approximate surface area is 114 Å². The van der Waals surface area contributed by atoms with Gasteiger partial charge in [-0.05, 0) is 35.9 Å². The number of rotatable bonds is 4. The van der Waals surface area contributed by atoms with Crippen molar-refractivity contribution in [2.24, 2.45) is 0 Å². The Hall–Kier alpha value is -2.27. The van der Waals surface area contributed by atoms with Crippen LogP contribution in [0.2, 0.25) is 5.02 Å². The molecule has 0 aromatic heterocycles. The molecule has 0 amide bonds. The molecule has 0 spiro atoms. The first kappa shape index (κ1) is 13.2. The number of benzene rings is 2. The first-order chi connectivity index (χ1) is 9.06. The third-order valence-corrected chi connectivity index (χ3v) is 2.76. The van der Waals surface area contributed by atoms with E-state index in [4.69, 9.17) is 22.1 Å². The van der Waals surface area contributed by atoms with Crippen molar-refractivity contribution in [3.8, 4) is 5.75 Å². The van der Waals surface area contributed by atoms with E-state index in [9.17, 15) is 10.1 Å². The number of hydrogen-bond donors (Lipinski definition) is 1. The highest BCUT2D eigenvalue weighted by Crippen LogP contribution is 2.23. The molecule has 19 heavy (non-hydrogen) atoms. The summed E-state index contributed by atoms with van der Waals surface area (Å²) in [4.78, 5) is 10.2. The second-order valence-electron chi connectivity index (χ2n) is 3.89. The summed E-state index contributed by atoms with van der Waals surface area (Å²) in [5, 5.41) is 11.4. The van der Waals surface area contributed by atoms with E-state index in [1.807, 2.05) is 0 Å². The van der Waals surface area contributed by atoms with E-state index in [0.29, 0.717) is 16.3 Å². The number of halogens is 1. The number of nitrogen functional groups attached to an aromatic ring is 1. The molecule has 0 aliphatic carbocycles. The molecular formula is C13H11ClN2O3. The Kier molecular flexibility index (Phi) is 3.87. The Morgan fingerprint density at radius 1 is 1.21 bits per heavy atom. The maximum atomic E-state index is 10.8. The third-order valence-electron chi connectivity index (χ3n) is 2.51. The van der Waals surface area contributed by atoms with Gasteiger partial charge in [0.1, 0.15) is 18.0 Å². The van der Waals surface area contributed by atoms with E-state index in [1.165, 1.54) is 12.1 Å². The summed E-state index contributed by atoms with van der Waals surface area (Å²) < 4.78 is 5.50. The smallest absolute Gasteiger partial charge is 0.292 e. The lowest BCUT2D eigenvalue weighted by Gasteiger charge is -2.07. The Bertz CT molecular complexity index is 599. The summed E-state index contributed by atoms with van der Waals surface area (Å²) in [6.07, 6.45) is 0. The molecule has 2 N–H and O–H groups in total. The molecule has 0 fully saturated rings. The summed E-state index contributed by atoms with van der Waals surface area (Å²) in [5.74, 6) is 0.642. The van der Waals surface area contributed by atoms with E-state index in [2.05, 4.69) is 0 Å². The van der Waals surface area contributed by atoms with Crippen LogP contribution in [0.25, 0.3) is 0 Å². The van der Waals surface area contributed by atoms with Gasteiger partial charge >= 0.3 is 0 Å². The highest BCUT2D eigenvalue weighted by Gasteiger charge is 2.11. The number of ether oxygens (including phenoxy) is 1. The van der Waals surface area contributed by atoms with Gasteiger partial charge in [0.05, 0.1) is 4.92 Å². The first-order valence-corrected chi connectivity index (χ1v) is 5.85. The fraction of sp³-hybridized carbons (Fsp3) is 0.0769. The molecule has 0 atom stereocenters. The van der Waals surface area contributed by atoms with Gasteiger partial charge in [-0.3, -0.25) is 10.1 Å². The van der Waals surface area contributed by atoms with Gasteiger partial charge in [0.15, 0.2) is 0 Å². The van der Waals surface area contributed by atoms with Crippen LogP contribution in [0.5, 0.6) is 5.75 Å². The maximum absolute atomic E-state index is 10.8. The Morgan fingerprint density at radius 2 is 1.89 bits per heavy atom. The Morgan fingerprint density at radius 3 is 2.53 bits per heavy atom. The summed E-state index contributed by atoms with van der Waals surface area (Å²) in [6, 6.07) is 11.5. The predicted molar refractivity (Wildman–Crippen MR) is 73.3 cm³/mol. The number of nitro groups is 1. The normalized spacial score (nSPS) is 10.2. The molecule has 2 aromatic rings. The van der Waals surface area contributed by atoms with Crippen LogP contribution in [0.4, 0.5) is 11.4 Å². The lowest BCUT2D eigenvalue weighted by molar-refractivity contribution is -0.384. The van der Waals surface area contributed by atoms with E-state index in [1.54, 1.807) is 30.3 Å². The largest absolute Gasteiger partial charge is 0.489 e. The highest BCUT2D eigenvalue weighted by atomic mass is 35.5. The molecule has 0 saturated carbocycles.